The van der Waals surface area contributed by atoms with Gasteiger partial charge in [-0.25, -0.2) is 4.79 Å². The minimum Gasteiger partial charge on any atom is -0.467 e. The number of hydrogen-bond donors (Lipinski definition) is 2. The summed E-state index contributed by atoms with van der Waals surface area (Å²) in [6.07, 6.45) is 8.12. The molecule has 0 aromatic carbocycles. The van der Waals surface area contributed by atoms with Crippen molar-refractivity contribution in [3.8, 4) is 0 Å². The Morgan fingerprint density at radius 1 is 0.957 bits per heavy atom. The van der Waals surface area contributed by atoms with Gasteiger partial charge < -0.3 is 25.2 Å². The lowest BCUT2D eigenvalue weighted by Crippen LogP contribution is -2.60. The normalized spacial score (nSPS) is 21.3. The molecule has 2 saturated heterocycles. The van der Waals surface area contributed by atoms with Crippen molar-refractivity contribution in [2.75, 3.05) is 39.3 Å². The lowest BCUT2D eigenvalue weighted by atomic mass is 9.84. The van der Waals surface area contributed by atoms with Gasteiger partial charge in [0.2, 0.25) is 23.6 Å². The van der Waals surface area contributed by atoms with Crippen molar-refractivity contribution in [3.63, 3.8) is 0 Å². The smallest absolute Gasteiger partial charge is 0.328 e. The zero-order valence-electron chi connectivity index (χ0n) is 30.7. The van der Waals surface area contributed by atoms with Crippen LogP contribution in [-0.2, 0) is 28.7 Å². The van der Waals surface area contributed by atoms with Gasteiger partial charge in [-0.15, -0.1) is 0 Å². The van der Waals surface area contributed by atoms with Crippen molar-refractivity contribution in [2.45, 2.75) is 130 Å². The largest absolute Gasteiger partial charge is 0.467 e. The van der Waals surface area contributed by atoms with Crippen LogP contribution in [0.4, 0.5) is 0 Å². The highest BCUT2D eigenvalue weighted by Gasteiger charge is 2.41. The number of hydrogen-bond acceptors (Lipinski definition) is 8. The molecule has 5 atom stereocenters. The summed E-state index contributed by atoms with van der Waals surface area (Å²) < 4.78 is 4.89. The van der Waals surface area contributed by atoms with Crippen LogP contribution < -0.4 is 10.6 Å². The fraction of sp³-hybridized carbons (Fsp3) is 0.800. The molecule has 2 heterocycles. The molecule has 268 valence electrons. The van der Waals surface area contributed by atoms with E-state index in [0.717, 1.165) is 25.8 Å². The summed E-state index contributed by atoms with van der Waals surface area (Å²) in [5, 5.41) is 5.92. The number of nitrogens with zero attached hydrogens (tertiary/aromatic N) is 3. The highest BCUT2D eigenvalue weighted by atomic mass is 32.2. The van der Waals surface area contributed by atoms with E-state index in [1.54, 1.807) is 41.6 Å². The zero-order valence-corrected chi connectivity index (χ0v) is 31.5. The second kappa shape index (κ2) is 18.2. The Balaban J connectivity index is 2.26. The SMILES string of the molecule is COC(=O)[C@H](CCSC)NC(=O)[C@@H]1CCCN1C(=O)C(C)=C[C@H](C(C)C)N(C)C(=O)[C@@H](NC(=O)[C@H]1CCCCN1C(C)C)C(C)(C)C. The second-order valence-electron chi connectivity index (χ2n) is 14.7. The summed E-state index contributed by atoms with van der Waals surface area (Å²) in [7, 11) is 3.02. The Morgan fingerprint density at radius 2 is 1.57 bits per heavy atom. The van der Waals surface area contributed by atoms with Crippen LogP contribution in [0.25, 0.3) is 0 Å². The van der Waals surface area contributed by atoms with E-state index in [4.69, 9.17) is 4.74 Å². The molecule has 12 heteroatoms. The van der Waals surface area contributed by atoms with Gasteiger partial charge in [0, 0.05) is 25.2 Å². The van der Waals surface area contributed by atoms with Crippen molar-refractivity contribution < 1.29 is 28.7 Å². The number of amides is 4. The van der Waals surface area contributed by atoms with Crippen LogP contribution in [0.5, 0.6) is 0 Å². The molecule has 2 N–H and O–H groups in total. The Bertz CT molecular complexity index is 1140. The lowest BCUT2D eigenvalue weighted by molar-refractivity contribution is -0.146. The molecule has 4 amide bonds. The van der Waals surface area contributed by atoms with Gasteiger partial charge in [-0.1, -0.05) is 47.1 Å². The molecule has 0 aromatic heterocycles. The Hall–Kier alpha value is -2.60. The third kappa shape index (κ3) is 11.0. The number of thioether (sulfide) groups is 1. The minimum atomic E-state index is -0.776. The molecule has 2 aliphatic rings. The number of esters is 1. The molecule has 11 nitrogen and oxygen atoms in total. The molecule has 0 aromatic rings. The van der Waals surface area contributed by atoms with Gasteiger partial charge in [0.05, 0.1) is 19.2 Å². The van der Waals surface area contributed by atoms with E-state index in [2.05, 4.69) is 29.4 Å². The summed E-state index contributed by atoms with van der Waals surface area (Å²) in [5.41, 5.74) is -0.122. The van der Waals surface area contributed by atoms with Gasteiger partial charge in [-0.2, -0.15) is 11.8 Å². The van der Waals surface area contributed by atoms with Gasteiger partial charge in [0.15, 0.2) is 0 Å². The summed E-state index contributed by atoms with van der Waals surface area (Å²) >= 11 is 1.57. The molecular formula is C35H61N5O6S. The number of carbonyl (C=O) groups excluding carboxylic acids is 5. The topological polar surface area (TPSA) is 128 Å². The van der Waals surface area contributed by atoms with Crippen LogP contribution in [0.1, 0.15) is 93.9 Å². The molecular weight excluding hydrogens is 618 g/mol. The Morgan fingerprint density at radius 3 is 2.13 bits per heavy atom. The molecule has 0 aliphatic carbocycles. The number of methoxy groups -OCH3 is 1. The third-order valence-corrected chi connectivity index (χ3v) is 10.0. The average molecular weight is 680 g/mol. The Kier molecular flexibility index (Phi) is 15.7. The van der Waals surface area contributed by atoms with Gasteiger partial charge in [-0.3, -0.25) is 24.1 Å². The predicted molar refractivity (Wildman–Crippen MR) is 188 cm³/mol. The van der Waals surface area contributed by atoms with E-state index in [1.165, 1.54) is 7.11 Å². The third-order valence-electron chi connectivity index (χ3n) is 9.37. The van der Waals surface area contributed by atoms with E-state index >= 15 is 0 Å². The number of piperidine rings is 1. The summed E-state index contributed by atoms with van der Waals surface area (Å²) in [5.74, 6) is -0.852. The van der Waals surface area contributed by atoms with Crippen LogP contribution in [0, 0.1) is 11.3 Å². The lowest BCUT2D eigenvalue weighted by Gasteiger charge is -2.41. The van der Waals surface area contributed by atoms with Gasteiger partial charge in [0.25, 0.3) is 0 Å². The highest BCUT2D eigenvalue weighted by Crippen LogP contribution is 2.27. The van der Waals surface area contributed by atoms with E-state index in [9.17, 15) is 24.0 Å². The van der Waals surface area contributed by atoms with Crippen LogP contribution in [-0.4, -0.2) is 120 Å². The maximum Gasteiger partial charge on any atom is 0.328 e. The average Bonchev–Trinajstić information content (AvgIpc) is 3.52. The number of carbonyl (C=O) groups is 5. The quantitative estimate of drug-likeness (QED) is 0.211. The molecule has 2 fully saturated rings. The first-order valence-corrected chi connectivity index (χ1v) is 18.5. The van der Waals surface area contributed by atoms with Crippen LogP contribution in [0.3, 0.4) is 0 Å². The second-order valence-corrected chi connectivity index (χ2v) is 15.7. The summed E-state index contributed by atoms with van der Waals surface area (Å²) in [6, 6.07) is -2.71. The number of ether oxygens (including phenoxy) is 1. The van der Waals surface area contributed by atoms with Crippen LogP contribution in [0.2, 0.25) is 0 Å². The number of nitrogens with one attached hydrogen (secondary N) is 2. The van der Waals surface area contributed by atoms with Crippen LogP contribution in [0.15, 0.2) is 11.6 Å². The first-order valence-electron chi connectivity index (χ1n) is 17.1. The van der Waals surface area contributed by atoms with E-state index in [1.807, 2.05) is 40.9 Å². The summed E-state index contributed by atoms with van der Waals surface area (Å²) in [6.45, 7) is 17.0. The maximum atomic E-state index is 14.2. The van der Waals surface area contributed by atoms with Gasteiger partial charge in [-0.05, 0) is 82.8 Å². The fourth-order valence-corrected chi connectivity index (χ4v) is 7.05. The molecule has 2 aliphatic heterocycles. The van der Waals surface area contributed by atoms with Crippen molar-refractivity contribution in [3.05, 3.63) is 11.6 Å². The van der Waals surface area contributed by atoms with Gasteiger partial charge >= 0.3 is 5.97 Å². The van der Waals surface area contributed by atoms with Crippen molar-refractivity contribution in [1.29, 1.82) is 0 Å². The molecule has 0 saturated carbocycles. The first-order chi connectivity index (χ1) is 22.0. The van der Waals surface area contributed by atoms with E-state index < -0.39 is 35.6 Å². The molecule has 0 bridgehead atoms. The highest BCUT2D eigenvalue weighted by molar-refractivity contribution is 7.98. The standard InChI is InChI=1S/C35H61N5O6S/c1-22(2)28(38(9)33(44)29(35(6,7)8)37-31(42)26-15-12-13-18-39(26)23(3)4)21-24(5)32(43)40-19-14-16-27(40)30(41)36-25(17-20-47-11)34(45)46-10/h21-23,25-29H,12-20H2,1-11H3,(H,36,41)(H,37,42)/t25-,26+,27-,28+,29+/m0/s1. The summed E-state index contributed by atoms with van der Waals surface area (Å²) in [4.78, 5) is 72.6. The molecule has 0 radical (unpaired) electrons. The van der Waals surface area contributed by atoms with Crippen molar-refractivity contribution in [2.24, 2.45) is 11.3 Å². The Labute approximate surface area is 287 Å². The number of likely N-dealkylation sites (N-methyl/N-ethyl adjacent to an activating group) is 1. The fourth-order valence-electron chi connectivity index (χ4n) is 6.57. The monoisotopic (exact) mass is 679 g/mol. The number of rotatable bonds is 14. The first kappa shape index (κ1) is 40.6. The number of likely N-dealkylation sites (tertiary alicyclic amines) is 2. The van der Waals surface area contributed by atoms with E-state index in [0.29, 0.717) is 37.1 Å². The maximum absolute atomic E-state index is 14.2. The zero-order chi connectivity index (χ0) is 35.6. The van der Waals surface area contributed by atoms with Crippen molar-refractivity contribution in [1.82, 2.24) is 25.3 Å². The molecule has 2 rings (SSSR count). The molecule has 0 unspecified atom stereocenters. The molecule has 47 heavy (non-hydrogen) atoms. The van der Waals surface area contributed by atoms with Crippen LogP contribution >= 0.6 is 11.8 Å². The van der Waals surface area contributed by atoms with Gasteiger partial charge in [0.1, 0.15) is 18.1 Å². The molecule has 0 spiro atoms. The van der Waals surface area contributed by atoms with Crippen molar-refractivity contribution >= 4 is 41.4 Å². The minimum absolute atomic E-state index is 0.0345. The predicted octanol–water partition coefficient (Wildman–Crippen LogP) is 3.61. The van der Waals surface area contributed by atoms with E-state index in [-0.39, 0.29) is 41.6 Å².